The van der Waals surface area contributed by atoms with Crippen LogP contribution >= 0.6 is 0 Å². The number of oxime groups is 1. The predicted octanol–water partition coefficient (Wildman–Crippen LogP) is 4.51. The zero-order valence-electron chi connectivity index (χ0n) is 14.0. The van der Waals surface area contributed by atoms with Gasteiger partial charge in [-0.3, -0.25) is 0 Å². The van der Waals surface area contributed by atoms with Crippen molar-refractivity contribution in [2.45, 2.75) is 20.8 Å². The first-order chi connectivity index (χ1) is 11.6. The zero-order chi connectivity index (χ0) is 17.1. The average molecular weight is 317 g/mol. The molecule has 3 rings (SSSR count). The maximum absolute atomic E-state index is 11.9. The van der Waals surface area contributed by atoms with E-state index in [0.717, 1.165) is 5.56 Å². The second kappa shape index (κ2) is 6.67. The van der Waals surface area contributed by atoms with Crippen LogP contribution in [0.25, 0.3) is 6.08 Å². The van der Waals surface area contributed by atoms with Crippen molar-refractivity contribution in [3.05, 3.63) is 88.0 Å². The number of carbonyl (C=O) groups excluding carboxylic acids is 1. The molecule has 0 aromatic heterocycles. The molecule has 0 saturated carbocycles. The molecule has 0 aliphatic carbocycles. The fraction of sp³-hybridized carbons (Fsp3) is 0.143. The highest BCUT2D eigenvalue weighted by Gasteiger charge is 2.25. The van der Waals surface area contributed by atoms with Gasteiger partial charge in [-0.1, -0.05) is 65.3 Å². The zero-order valence-corrected chi connectivity index (χ0v) is 14.0. The van der Waals surface area contributed by atoms with Crippen molar-refractivity contribution >= 4 is 17.8 Å². The number of carbonyl (C=O) groups is 1. The van der Waals surface area contributed by atoms with Gasteiger partial charge in [-0.25, -0.2) is 4.79 Å². The quantitative estimate of drug-likeness (QED) is 0.617. The fourth-order valence-electron chi connectivity index (χ4n) is 2.93. The molecule has 1 aliphatic heterocycles. The van der Waals surface area contributed by atoms with Gasteiger partial charge in [-0.15, -0.1) is 0 Å². The minimum absolute atomic E-state index is 0.421. The van der Waals surface area contributed by atoms with E-state index in [1.165, 1.54) is 22.3 Å². The Balaban J connectivity index is 1.91. The van der Waals surface area contributed by atoms with Crippen LogP contribution in [-0.2, 0) is 9.63 Å². The molecular weight excluding hydrogens is 298 g/mol. The molecule has 0 unspecified atom stereocenters. The summed E-state index contributed by atoms with van der Waals surface area (Å²) in [5.74, 6) is -0.421. The molecule has 2 aromatic rings. The Bertz CT molecular complexity index is 851. The van der Waals surface area contributed by atoms with Crippen LogP contribution in [0.3, 0.4) is 0 Å². The van der Waals surface area contributed by atoms with Crippen LogP contribution in [0.5, 0.6) is 0 Å². The van der Waals surface area contributed by atoms with Gasteiger partial charge in [0.15, 0.2) is 0 Å². The first-order valence-electron chi connectivity index (χ1n) is 7.87. The van der Waals surface area contributed by atoms with E-state index in [1.54, 1.807) is 6.08 Å². The lowest BCUT2D eigenvalue weighted by Gasteiger charge is -2.06. The van der Waals surface area contributed by atoms with E-state index in [4.69, 9.17) is 4.84 Å². The van der Waals surface area contributed by atoms with Crippen LogP contribution in [0.15, 0.2) is 65.3 Å². The molecule has 120 valence electrons. The summed E-state index contributed by atoms with van der Waals surface area (Å²) in [5, 5.41) is 3.91. The Kier molecular flexibility index (Phi) is 4.43. The molecule has 0 saturated heterocycles. The second-order valence-corrected chi connectivity index (χ2v) is 5.94. The Morgan fingerprint density at radius 1 is 1.00 bits per heavy atom. The summed E-state index contributed by atoms with van der Waals surface area (Å²) in [5.41, 5.74) is 6.76. The smallest absolute Gasteiger partial charge is 0.312 e. The topological polar surface area (TPSA) is 38.7 Å². The first-order valence-corrected chi connectivity index (χ1v) is 7.87. The number of benzene rings is 2. The minimum Gasteiger partial charge on any atom is -0.312 e. The maximum Gasteiger partial charge on any atom is 0.368 e. The van der Waals surface area contributed by atoms with Crippen LogP contribution in [0.2, 0.25) is 0 Å². The summed E-state index contributed by atoms with van der Waals surface area (Å²) in [7, 11) is 0. The summed E-state index contributed by atoms with van der Waals surface area (Å²) in [6, 6.07) is 13.9. The van der Waals surface area contributed by atoms with E-state index >= 15 is 0 Å². The highest BCUT2D eigenvalue weighted by atomic mass is 16.7. The van der Waals surface area contributed by atoms with Gasteiger partial charge in [0.25, 0.3) is 0 Å². The molecule has 0 fully saturated rings. The molecular formula is C21H19NO2. The third kappa shape index (κ3) is 3.20. The monoisotopic (exact) mass is 317 g/mol. The van der Waals surface area contributed by atoms with Crippen molar-refractivity contribution < 1.29 is 9.63 Å². The van der Waals surface area contributed by atoms with Gasteiger partial charge in [0.05, 0.1) is 5.57 Å². The van der Waals surface area contributed by atoms with Crippen molar-refractivity contribution in [1.82, 2.24) is 0 Å². The normalized spacial score (nSPS) is 15.9. The Labute approximate surface area is 142 Å². The molecule has 2 aromatic carbocycles. The fourth-order valence-corrected chi connectivity index (χ4v) is 2.93. The SMILES string of the molecule is Cc1cc(C)c(/C=C/C=C2\C(=O)ON=C2c2ccccc2)c(C)c1. The van der Waals surface area contributed by atoms with Crippen molar-refractivity contribution in [2.75, 3.05) is 0 Å². The highest BCUT2D eigenvalue weighted by Crippen LogP contribution is 2.20. The van der Waals surface area contributed by atoms with Crippen molar-refractivity contribution in [2.24, 2.45) is 5.16 Å². The third-order valence-corrected chi connectivity index (χ3v) is 4.01. The van der Waals surface area contributed by atoms with E-state index in [9.17, 15) is 4.79 Å². The first kappa shape index (κ1) is 15.9. The van der Waals surface area contributed by atoms with Gasteiger partial charge in [-0.2, -0.15) is 0 Å². The van der Waals surface area contributed by atoms with Crippen LogP contribution in [0, 0.1) is 20.8 Å². The largest absolute Gasteiger partial charge is 0.368 e. The molecule has 1 heterocycles. The summed E-state index contributed by atoms with van der Waals surface area (Å²) in [6.07, 6.45) is 5.66. The maximum atomic E-state index is 11.9. The lowest BCUT2D eigenvalue weighted by Crippen LogP contribution is -2.06. The molecule has 0 spiro atoms. The van der Waals surface area contributed by atoms with E-state index in [0.29, 0.717) is 11.3 Å². The van der Waals surface area contributed by atoms with Crippen molar-refractivity contribution in [1.29, 1.82) is 0 Å². The molecule has 0 radical (unpaired) electrons. The molecule has 24 heavy (non-hydrogen) atoms. The Hall–Kier alpha value is -2.94. The number of allylic oxidation sites excluding steroid dienone is 2. The van der Waals surface area contributed by atoms with Gasteiger partial charge in [0.2, 0.25) is 0 Å². The van der Waals surface area contributed by atoms with Crippen molar-refractivity contribution in [3.8, 4) is 0 Å². The average Bonchev–Trinajstić information content (AvgIpc) is 2.92. The molecule has 0 N–H and O–H groups in total. The Morgan fingerprint density at radius 3 is 2.33 bits per heavy atom. The van der Waals surface area contributed by atoms with E-state index in [-0.39, 0.29) is 0 Å². The lowest BCUT2D eigenvalue weighted by molar-refractivity contribution is -0.136. The number of hydrogen-bond acceptors (Lipinski definition) is 3. The number of aryl methyl sites for hydroxylation is 3. The molecule has 3 nitrogen and oxygen atoms in total. The number of rotatable bonds is 3. The Morgan fingerprint density at radius 2 is 1.67 bits per heavy atom. The molecule has 1 aliphatic rings. The molecule has 0 bridgehead atoms. The standard InChI is InChI=1S/C21H19NO2/c1-14-12-15(2)18(16(3)13-14)10-7-11-19-20(22-24-21(19)23)17-8-5-4-6-9-17/h4-13H,1-3H3/b10-7+,19-11-. The molecule has 0 atom stereocenters. The van der Waals surface area contributed by atoms with Crippen molar-refractivity contribution in [3.63, 3.8) is 0 Å². The number of hydrogen-bond donors (Lipinski definition) is 0. The van der Waals surface area contributed by atoms with E-state index in [2.05, 4.69) is 38.1 Å². The van der Waals surface area contributed by atoms with E-state index in [1.807, 2.05) is 42.5 Å². The third-order valence-electron chi connectivity index (χ3n) is 4.01. The predicted molar refractivity (Wildman–Crippen MR) is 96.8 cm³/mol. The van der Waals surface area contributed by atoms with Crippen LogP contribution in [-0.4, -0.2) is 11.7 Å². The van der Waals surface area contributed by atoms with Gasteiger partial charge >= 0.3 is 5.97 Å². The summed E-state index contributed by atoms with van der Waals surface area (Å²) in [4.78, 5) is 16.8. The van der Waals surface area contributed by atoms with Gasteiger partial charge < -0.3 is 4.84 Å². The van der Waals surface area contributed by atoms with E-state index < -0.39 is 5.97 Å². The molecule has 3 heteroatoms. The minimum atomic E-state index is -0.421. The van der Waals surface area contributed by atoms with Gasteiger partial charge in [-0.05, 0) is 43.5 Å². The molecule has 0 amide bonds. The van der Waals surface area contributed by atoms with Gasteiger partial charge in [0.1, 0.15) is 5.71 Å². The van der Waals surface area contributed by atoms with Crippen LogP contribution in [0.4, 0.5) is 0 Å². The second-order valence-electron chi connectivity index (χ2n) is 5.94. The number of nitrogens with zero attached hydrogens (tertiary/aromatic N) is 1. The van der Waals surface area contributed by atoms with Gasteiger partial charge in [0, 0.05) is 5.56 Å². The van der Waals surface area contributed by atoms with Crippen LogP contribution in [0.1, 0.15) is 27.8 Å². The highest BCUT2D eigenvalue weighted by molar-refractivity contribution is 6.29. The summed E-state index contributed by atoms with van der Waals surface area (Å²) < 4.78 is 0. The summed E-state index contributed by atoms with van der Waals surface area (Å²) >= 11 is 0. The summed E-state index contributed by atoms with van der Waals surface area (Å²) in [6.45, 7) is 6.27. The van der Waals surface area contributed by atoms with Crippen LogP contribution < -0.4 is 0 Å². The lowest BCUT2D eigenvalue weighted by atomic mass is 9.99.